The molecular formula is C17H16F3N3O3. The summed E-state index contributed by atoms with van der Waals surface area (Å²) in [6.07, 6.45) is -3.33. The highest BCUT2D eigenvalue weighted by Crippen LogP contribution is 2.21. The zero-order chi connectivity index (χ0) is 19.3. The van der Waals surface area contributed by atoms with Crippen molar-refractivity contribution in [2.45, 2.75) is 6.18 Å². The molecule has 2 amide bonds. The van der Waals surface area contributed by atoms with Crippen molar-refractivity contribution in [1.82, 2.24) is 9.88 Å². The van der Waals surface area contributed by atoms with Crippen LogP contribution in [0.1, 0.15) is 20.7 Å². The van der Waals surface area contributed by atoms with Crippen molar-refractivity contribution in [3.8, 4) is 5.88 Å². The van der Waals surface area contributed by atoms with Gasteiger partial charge in [0.05, 0.1) is 0 Å². The number of carbonyl (C=O) groups excluding carboxylic acids is 2. The summed E-state index contributed by atoms with van der Waals surface area (Å²) >= 11 is 0. The van der Waals surface area contributed by atoms with Crippen molar-refractivity contribution in [1.29, 1.82) is 0 Å². The quantitative estimate of drug-likeness (QED) is 0.882. The van der Waals surface area contributed by atoms with Crippen LogP contribution in [-0.4, -0.2) is 48.6 Å². The summed E-state index contributed by atoms with van der Waals surface area (Å²) in [4.78, 5) is 29.4. The van der Waals surface area contributed by atoms with Gasteiger partial charge in [0.25, 0.3) is 11.8 Å². The van der Waals surface area contributed by atoms with Gasteiger partial charge in [0.2, 0.25) is 5.88 Å². The second-order valence-electron chi connectivity index (χ2n) is 5.49. The number of hydrogen-bond donors (Lipinski definition) is 1. The lowest BCUT2D eigenvalue weighted by atomic mass is 10.1. The van der Waals surface area contributed by atoms with Gasteiger partial charge in [0.1, 0.15) is 5.56 Å². The number of aromatic nitrogens is 1. The first-order valence-electron chi connectivity index (χ1n) is 7.45. The fraction of sp³-hybridized carbons (Fsp3) is 0.235. The van der Waals surface area contributed by atoms with Gasteiger partial charge in [-0.2, -0.15) is 13.2 Å². The highest BCUT2D eigenvalue weighted by Gasteiger charge is 2.29. The number of pyridine rings is 1. The minimum absolute atomic E-state index is 0.152. The normalized spacial score (nSPS) is 11.0. The number of anilines is 1. The average molecular weight is 367 g/mol. The van der Waals surface area contributed by atoms with E-state index in [9.17, 15) is 22.8 Å². The lowest BCUT2D eigenvalue weighted by Crippen LogP contribution is -2.22. The maximum absolute atomic E-state index is 12.4. The standard InChI is InChI=1S/C17H16F3N3O3/c1-23(2)16(25)11-5-3-6-12(9-11)22-14(24)13-7-4-8-21-15(13)26-10-17(18,19)20/h3-9H,10H2,1-2H3,(H,22,24). The van der Waals surface area contributed by atoms with E-state index in [2.05, 4.69) is 15.0 Å². The van der Waals surface area contributed by atoms with Gasteiger partial charge in [-0.25, -0.2) is 4.98 Å². The van der Waals surface area contributed by atoms with Crippen LogP contribution in [-0.2, 0) is 0 Å². The van der Waals surface area contributed by atoms with Crippen molar-refractivity contribution in [3.05, 3.63) is 53.7 Å². The van der Waals surface area contributed by atoms with Crippen molar-refractivity contribution in [2.75, 3.05) is 26.0 Å². The minimum atomic E-state index is -4.55. The topological polar surface area (TPSA) is 71.5 Å². The van der Waals surface area contributed by atoms with Gasteiger partial charge < -0.3 is 15.0 Å². The van der Waals surface area contributed by atoms with Crippen molar-refractivity contribution >= 4 is 17.5 Å². The molecule has 1 N–H and O–H groups in total. The molecule has 6 nitrogen and oxygen atoms in total. The molecule has 0 bridgehead atoms. The fourth-order valence-electron chi connectivity index (χ4n) is 2.02. The summed E-state index contributed by atoms with van der Waals surface area (Å²) < 4.78 is 41.5. The Morgan fingerprint density at radius 3 is 2.58 bits per heavy atom. The van der Waals surface area contributed by atoms with Gasteiger partial charge in [-0.05, 0) is 30.3 Å². The number of nitrogens with one attached hydrogen (secondary N) is 1. The number of benzene rings is 1. The molecule has 0 saturated heterocycles. The van der Waals surface area contributed by atoms with Crippen LogP contribution >= 0.6 is 0 Å². The van der Waals surface area contributed by atoms with E-state index in [1.807, 2.05) is 0 Å². The van der Waals surface area contributed by atoms with Gasteiger partial charge in [0, 0.05) is 31.5 Å². The molecule has 0 atom stereocenters. The first-order chi connectivity index (χ1) is 12.2. The van der Waals surface area contributed by atoms with Crippen LogP contribution in [0, 0.1) is 0 Å². The molecule has 0 unspecified atom stereocenters. The first kappa shape index (κ1) is 19.2. The molecule has 0 saturated carbocycles. The van der Waals surface area contributed by atoms with Gasteiger partial charge >= 0.3 is 6.18 Å². The van der Waals surface area contributed by atoms with E-state index in [-0.39, 0.29) is 11.5 Å². The Labute approximate surface area is 147 Å². The maximum atomic E-state index is 12.4. The van der Waals surface area contributed by atoms with Crippen LogP contribution in [0.5, 0.6) is 5.88 Å². The van der Waals surface area contributed by atoms with Crippen LogP contribution in [0.15, 0.2) is 42.6 Å². The summed E-state index contributed by atoms with van der Waals surface area (Å²) in [6.45, 7) is -1.56. The second kappa shape index (κ2) is 7.85. The summed E-state index contributed by atoms with van der Waals surface area (Å²) in [5.41, 5.74) is 0.516. The van der Waals surface area contributed by atoms with E-state index in [1.54, 1.807) is 32.3 Å². The number of nitrogens with zero attached hydrogens (tertiary/aromatic N) is 2. The molecule has 1 aromatic heterocycles. The Hall–Kier alpha value is -3.10. The molecule has 1 heterocycles. The third-order valence-corrected chi connectivity index (χ3v) is 3.16. The van der Waals surface area contributed by atoms with Gasteiger partial charge in [0.15, 0.2) is 6.61 Å². The molecule has 2 aromatic rings. The molecule has 0 spiro atoms. The van der Waals surface area contributed by atoms with Crippen molar-refractivity contribution in [3.63, 3.8) is 0 Å². The highest BCUT2D eigenvalue weighted by molar-refractivity contribution is 6.06. The molecular weight excluding hydrogens is 351 g/mol. The SMILES string of the molecule is CN(C)C(=O)c1cccc(NC(=O)c2cccnc2OCC(F)(F)F)c1. The first-order valence-corrected chi connectivity index (χ1v) is 7.45. The molecule has 138 valence electrons. The maximum Gasteiger partial charge on any atom is 0.422 e. The predicted molar refractivity (Wildman–Crippen MR) is 88.2 cm³/mol. The van der Waals surface area contributed by atoms with E-state index >= 15 is 0 Å². The van der Waals surface area contributed by atoms with Crippen molar-refractivity contribution < 1.29 is 27.5 Å². The smallest absolute Gasteiger partial charge is 0.422 e. The number of carbonyl (C=O) groups is 2. The molecule has 26 heavy (non-hydrogen) atoms. The molecule has 9 heteroatoms. The lowest BCUT2D eigenvalue weighted by molar-refractivity contribution is -0.154. The highest BCUT2D eigenvalue weighted by atomic mass is 19.4. The molecule has 0 radical (unpaired) electrons. The third-order valence-electron chi connectivity index (χ3n) is 3.16. The monoisotopic (exact) mass is 367 g/mol. The van der Waals surface area contributed by atoms with E-state index in [4.69, 9.17) is 0 Å². The third kappa shape index (κ3) is 5.20. The Morgan fingerprint density at radius 2 is 1.92 bits per heavy atom. The summed E-state index contributed by atoms with van der Waals surface area (Å²) in [5, 5.41) is 2.52. The Bertz CT molecular complexity index is 807. The Balaban J connectivity index is 2.18. The van der Waals surface area contributed by atoms with Gasteiger partial charge in [-0.15, -0.1) is 0 Å². The van der Waals surface area contributed by atoms with E-state index in [0.717, 1.165) is 0 Å². The lowest BCUT2D eigenvalue weighted by Gasteiger charge is -2.13. The number of rotatable bonds is 5. The number of amides is 2. The van der Waals surface area contributed by atoms with Crippen LogP contribution in [0.3, 0.4) is 0 Å². The summed E-state index contributed by atoms with van der Waals surface area (Å²) in [7, 11) is 3.18. The Morgan fingerprint density at radius 1 is 1.19 bits per heavy atom. The number of ether oxygens (including phenoxy) is 1. The molecule has 1 aromatic carbocycles. The summed E-state index contributed by atoms with van der Waals surface area (Å²) in [6, 6.07) is 8.88. The van der Waals surface area contributed by atoms with E-state index < -0.39 is 24.6 Å². The van der Waals surface area contributed by atoms with Crippen LogP contribution in [0.4, 0.5) is 18.9 Å². The predicted octanol–water partition coefficient (Wildman–Crippen LogP) is 2.98. The average Bonchev–Trinajstić information content (AvgIpc) is 2.59. The van der Waals surface area contributed by atoms with Gasteiger partial charge in [-0.3, -0.25) is 9.59 Å². The van der Waals surface area contributed by atoms with Crippen molar-refractivity contribution in [2.24, 2.45) is 0 Å². The van der Waals surface area contributed by atoms with Crippen LogP contribution < -0.4 is 10.1 Å². The second-order valence-corrected chi connectivity index (χ2v) is 5.49. The largest absolute Gasteiger partial charge is 0.467 e. The van der Waals surface area contributed by atoms with Gasteiger partial charge in [-0.1, -0.05) is 6.07 Å². The number of hydrogen-bond acceptors (Lipinski definition) is 4. The zero-order valence-electron chi connectivity index (χ0n) is 14.0. The van der Waals surface area contributed by atoms with E-state index in [0.29, 0.717) is 11.3 Å². The molecule has 0 aliphatic rings. The number of halogens is 3. The molecule has 0 aliphatic heterocycles. The van der Waals surface area contributed by atoms with Crippen LogP contribution in [0.2, 0.25) is 0 Å². The molecule has 2 rings (SSSR count). The fourth-order valence-corrected chi connectivity index (χ4v) is 2.02. The number of alkyl halides is 3. The van der Waals surface area contributed by atoms with Crippen LogP contribution in [0.25, 0.3) is 0 Å². The molecule has 0 fully saturated rings. The van der Waals surface area contributed by atoms with E-state index in [1.165, 1.54) is 29.3 Å². The zero-order valence-corrected chi connectivity index (χ0v) is 14.0. The molecule has 0 aliphatic carbocycles. The Kier molecular flexibility index (Phi) is 5.81. The summed E-state index contributed by atoms with van der Waals surface area (Å²) in [5.74, 6) is -1.38. The minimum Gasteiger partial charge on any atom is -0.467 e.